The van der Waals surface area contributed by atoms with Gasteiger partial charge in [0, 0.05) is 47.6 Å². The maximum atomic E-state index is 4.63. The highest BCUT2D eigenvalue weighted by Crippen LogP contribution is 2.63. The van der Waals surface area contributed by atoms with Gasteiger partial charge in [-0.1, -0.05) is 127 Å². The molecule has 12 rings (SSSR count). The van der Waals surface area contributed by atoms with Gasteiger partial charge in [0.2, 0.25) is 0 Å². The van der Waals surface area contributed by atoms with E-state index in [9.17, 15) is 0 Å². The Morgan fingerprint density at radius 1 is 0.585 bits per heavy atom. The van der Waals surface area contributed by atoms with Crippen molar-refractivity contribution in [2.24, 2.45) is 4.99 Å². The van der Waals surface area contributed by atoms with Crippen molar-refractivity contribution in [3.05, 3.63) is 173 Å². The fraction of sp³-hybridized carbons (Fsp3) is 0.0408. The molecular formula is C49H30N2S2. The number of fused-ring (bicyclic) bond motifs is 20. The number of para-hydroxylation sites is 1. The SMILES string of the molecule is C=Nc1sc2c(c1/C=C\C)c1c3ccccc3sc1c1c3ccccc3n(-c3ccc4c(c3)C3(c5ccccc5-c5ccccc53)c3ccccc3-4)c21. The van der Waals surface area contributed by atoms with E-state index >= 15 is 0 Å². The smallest absolute Gasteiger partial charge is 0.123 e. The molecule has 3 aromatic heterocycles. The standard InChI is InChI=1S/C49H30N2S2/c1-3-14-35-43-42-34-19-8-13-24-41(34)52-46(42)44-33-18-7-12-23-40(33)51(45(44)47(43)53-48(35)50-2)28-25-26-32-31-17-6-11-22-38(31)49(39(32)27-28)36-20-9-4-15-29(36)30-16-5-10-21-37(30)49/h3-27H,2H2,1H3/b14-3-. The number of aliphatic imine (C=N–C) groups is 1. The van der Waals surface area contributed by atoms with Crippen LogP contribution in [0.3, 0.4) is 0 Å². The minimum Gasteiger partial charge on any atom is -0.308 e. The molecule has 3 heterocycles. The number of nitrogens with zero attached hydrogens (tertiary/aromatic N) is 2. The number of allylic oxidation sites excluding steroid dienone is 1. The van der Waals surface area contributed by atoms with E-state index < -0.39 is 5.41 Å². The van der Waals surface area contributed by atoms with Crippen LogP contribution in [0.2, 0.25) is 0 Å². The van der Waals surface area contributed by atoms with E-state index in [0.717, 1.165) is 10.6 Å². The van der Waals surface area contributed by atoms with Crippen molar-refractivity contribution in [2.45, 2.75) is 12.3 Å². The summed E-state index contributed by atoms with van der Waals surface area (Å²) >= 11 is 3.67. The van der Waals surface area contributed by atoms with Gasteiger partial charge in [-0.25, -0.2) is 0 Å². The zero-order valence-electron chi connectivity index (χ0n) is 28.9. The molecular weight excluding hydrogens is 681 g/mol. The Morgan fingerprint density at radius 2 is 1.19 bits per heavy atom. The molecule has 0 saturated carbocycles. The molecule has 1 spiro atoms. The second kappa shape index (κ2) is 10.5. The van der Waals surface area contributed by atoms with E-state index in [0.29, 0.717) is 0 Å². The van der Waals surface area contributed by atoms with Gasteiger partial charge in [0.25, 0.3) is 0 Å². The molecule has 7 aromatic carbocycles. The average Bonchev–Trinajstić information content (AvgIpc) is 4.00. The maximum absolute atomic E-state index is 4.63. The average molecular weight is 711 g/mol. The molecule has 0 N–H and O–H groups in total. The Labute approximate surface area is 314 Å². The Morgan fingerprint density at radius 3 is 1.87 bits per heavy atom. The molecule has 248 valence electrons. The summed E-state index contributed by atoms with van der Waals surface area (Å²) in [5, 5.41) is 7.42. The molecule has 53 heavy (non-hydrogen) atoms. The lowest BCUT2D eigenvalue weighted by Crippen LogP contribution is -2.26. The summed E-state index contributed by atoms with van der Waals surface area (Å²) in [7, 11) is 0. The quantitative estimate of drug-likeness (QED) is 0.162. The first kappa shape index (κ1) is 29.5. The van der Waals surface area contributed by atoms with Gasteiger partial charge in [-0.15, -0.1) is 22.7 Å². The van der Waals surface area contributed by atoms with Gasteiger partial charge in [-0.3, -0.25) is 4.99 Å². The molecule has 0 saturated heterocycles. The van der Waals surface area contributed by atoms with E-state index in [1.54, 1.807) is 11.3 Å². The summed E-state index contributed by atoms with van der Waals surface area (Å²) in [5.41, 5.74) is 15.0. The van der Waals surface area contributed by atoms with Gasteiger partial charge in [0.1, 0.15) is 5.00 Å². The van der Waals surface area contributed by atoms with Crippen molar-refractivity contribution < 1.29 is 0 Å². The normalized spacial score (nSPS) is 13.9. The molecule has 0 radical (unpaired) electrons. The highest BCUT2D eigenvalue weighted by Gasteiger charge is 2.51. The Balaban J connectivity index is 1.27. The van der Waals surface area contributed by atoms with Gasteiger partial charge < -0.3 is 4.57 Å². The second-order valence-electron chi connectivity index (χ2n) is 14.2. The van der Waals surface area contributed by atoms with E-state index in [2.05, 4.69) is 175 Å². The van der Waals surface area contributed by atoms with Crippen molar-refractivity contribution in [3.8, 4) is 27.9 Å². The zero-order chi connectivity index (χ0) is 35.0. The van der Waals surface area contributed by atoms with Gasteiger partial charge >= 0.3 is 0 Å². The van der Waals surface area contributed by atoms with Gasteiger partial charge in [-0.05, 0) is 82.4 Å². The van der Waals surface area contributed by atoms with E-state index in [1.165, 1.54) is 102 Å². The van der Waals surface area contributed by atoms with Crippen molar-refractivity contribution in [1.82, 2.24) is 4.57 Å². The van der Waals surface area contributed by atoms with Crippen LogP contribution in [-0.2, 0) is 5.41 Å². The number of benzene rings is 7. The molecule has 0 unspecified atom stereocenters. The summed E-state index contributed by atoms with van der Waals surface area (Å²) in [6.45, 7) is 6.15. The first-order chi connectivity index (χ1) is 26.2. The van der Waals surface area contributed by atoms with Crippen molar-refractivity contribution in [3.63, 3.8) is 0 Å². The zero-order valence-corrected chi connectivity index (χ0v) is 30.5. The summed E-state index contributed by atoms with van der Waals surface area (Å²) in [6.07, 6.45) is 4.35. The number of aromatic nitrogens is 1. The predicted octanol–water partition coefficient (Wildman–Crippen LogP) is 14.1. The van der Waals surface area contributed by atoms with Crippen molar-refractivity contribution in [1.29, 1.82) is 0 Å². The van der Waals surface area contributed by atoms with Crippen molar-refractivity contribution in [2.75, 3.05) is 0 Å². The minimum atomic E-state index is -0.413. The molecule has 2 nitrogen and oxygen atoms in total. The minimum absolute atomic E-state index is 0.413. The monoisotopic (exact) mass is 710 g/mol. The number of hydrogen-bond acceptors (Lipinski definition) is 3. The lowest BCUT2D eigenvalue weighted by molar-refractivity contribution is 0.792. The van der Waals surface area contributed by atoms with Gasteiger partial charge in [-0.2, -0.15) is 0 Å². The lowest BCUT2D eigenvalue weighted by atomic mass is 9.70. The number of rotatable bonds is 3. The predicted molar refractivity (Wildman–Crippen MR) is 229 cm³/mol. The Hall–Kier alpha value is -6.07. The second-order valence-corrected chi connectivity index (χ2v) is 16.2. The molecule has 0 atom stereocenters. The maximum Gasteiger partial charge on any atom is 0.123 e. The summed E-state index contributed by atoms with van der Waals surface area (Å²) in [4.78, 5) is 4.63. The van der Waals surface area contributed by atoms with Crippen LogP contribution in [0.5, 0.6) is 0 Å². The van der Waals surface area contributed by atoms with Gasteiger partial charge in [0.05, 0.1) is 21.1 Å². The van der Waals surface area contributed by atoms with Crippen LogP contribution in [0.25, 0.3) is 86.1 Å². The molecule has 2 aliphatic carbocycles. The van der Waals surface area contributed by atoms with E-state index in [1.807, 2.05) is 11.3 Å². The van der Waals surface area contributed by atoms with Crippen LogP contribution in [-0.4, -0.2) is 11.3 Å². The third-order valence-corrected chi connectivity index (χ3v) is 14.1. The Kier molecular flexibility index (Phi) is 5.85. The molecule has 2 aliphatic rings. The summed E-state index contributed by atoms with van der Waals surface area (Å²) in [6, 6.07) is 52.2. The number of hydrogen-bond donors (Lipinski definition) is 0. The van der Waals surface area contributed by atoms with Crippen LogP contribution in [0.4, 0.5) is 5.00 Å². The first-order valence-electron chi connectivity index (χ1n) is 18.1. The third-order valence-electron chi connectivity index (χ3n) is 11.8. The largest absolute Gasteiger partial charge is 0.308 e. The van der Waals surface area contributed by atoms with E-state index in [-0.39, 0.29) is 0 Å². The fourth-order valence-corrected chi connectivity index (χ4v) is 12.3. The van der Waals surface area contributed by atoms with Crippen LogP contribution in [0.15, 0.2) is 151 Å². The van der Waals surface area contributed by atoms with Crippen LogP contribution in [0, 0.1) is 0 Å². The summed E-state index contributed by atoms with van der Waals surface area (Å²) < 4.78 is 6.42. The molecule has 0 bridgehead atoms. The fourth-order valence-electron chi connectivity index (χ4n) is 9.93. The highest BCUT2D eigenvalue weighted by atomic mass is 32.1. The molecule has 4 heteroatoms. The molecule has 0 aliphatic heterocycles. The van der Waals surface area contributed by atoms with Crippen molar-refractivity contribution >= 4 is 92.5 Å². The van der Waals surface area contributed by atoms with Crippen LogP contribution >= 0.6 is 22.7 Å². The molecule has 10 aromatic rings. The topological polar surface area (TPSA) is 17.3 Å². The highest BCUT2D eigenvalue weighted by molar-refractivity contribution is 7.28. The van der Waals surface area contributed by atoms with Gasteiger partial charge in [0.15, 0.2) is 0 Å². The van der Waals surface area contributed by atoms with E-state index in [4.69, 9.17) is 0 Å². The van der Waals surface area contributed by atoms with Crippen LogP contribution in [0.1, 0.15) is 34.7 Å². The third kappa shape index (κ3) is 3.51. The summed E-state index contributed by atoms with van der Waals surface area (Å²) in [5.74, 6) is 0. The van der Waals surface area contributed by atoms with Crippen LogP contribution < -0.4 is 0 Å². The molecule has 0 fully saturated rings. The lowest BCUT2D eigenvalue weighted by Gasteiger charge is -2.30. The first-order valence-corrected chi connectivity index (χ1v) is 19.7. The number of thiophene rings is 2. The Bertz CT molecular complexity index is 3210. The molecule has 0 amide bonds.